The fraction of sp³-hybridized carbons (Fsp3) is 0.400. The van der Waals surface area contributed by atoms with Gasteiger partial charge in [0.1, 0.15) is 0 Å². The Kier molecular flexibility index (Phi) is 6.85. The number of carbonyl (C=O) groups is 1. The van der Waals surface area contributed by atoms with Gasteiger partial charge in [0, 0.05) is 25.8 Å². The van der Waals surface area contributed by atoms with Crippen molar-refractivity contribution in [3.63, 3.8) is 0 Å². The van der Waals surface area contributed by atoms with Gasteiger partial charge in [0.25, 0.3) is 0 Å². The van der Waals surface area contributed by atoms with Crippen molar-refractivity contribution in [3.05, 3.63) is 41.5 Å². The predicted octanol–water partition coefficient (Wildman–Crippen LogP) is 1.99. The fourth-order valence-electron chi connectivity index (χ4n) is 1.89. The van der Waals surface area contributed by atoms with Crippen LogP contribution in [0.25, 0.3) is 6.08 Å². The minimum absolute atomic E-state index is 0.192. The average Bonchev–Trinajstić information content (AvgIpc) is 2.42. The number of aliphatic hydroxyl groups is 1. The highest BCUT2D eigenvalue weighted by Crippen LogP contribution is 2.13. The molecule has 1 rings (SSSR count). The van der Waals surface area contributed by atoms with Crippen molar-refractivity contribution in [1.82, 2.24) is 4.90 Å². The standard InChI is InChI=1S/C15H21NO3/c1-2-16(10-5-11-17)12-14-7-4-3-6-13(14)8-9-15(18)19/h3-4,6-9,17H,2,5,10-12H2,1H3,(H,18,19)/b9-8+. The van der Waals surface area contributed by atoms with Crippen molar-refractivity contribution < 1.29 is 15.0 Å². The van der Waals surface area contributed by atoms with Crippen LogP contribution in [0.4, 0.5) is 0 Å². The van der Waals surface area contributed by atoms with Crippen LogP contribution in [0.15, 0.2) is 30.3 Å². The molecule has 0 spiro atoms. The van der Waals surface area contributed by atoms with E-state index < -0.39 is 5.97 Å². The lowest BCUT2D eigenvalue weighted by Gasteiger charge is -2.21. The lowest BCUT2D eigenvalue weighted by Crippen LogP contribution is -2.25. The molecule has 1 aromatic rings. The summed E-state index contributed by atoms with van der Waals surface area (Å²) in [6.07, 6.45) is 3.53. The third kappa shape index (κ3) is 5.68. The second-order valence-electron chi connectivity index (χ2n) is 4.32. The van der Waals surface area contributed by atoms with Gasteiger partial charge in [-0.1, -0.05) is 31.2 Å². The van der Waals surface area contributed by atoms with E-state index in [9.17, 15) is 4.79 Å². The predicted molar refractivity (Wildman–Crippen MR) is 75.8 cm³/mol. The maximum atomic E-state index is 10.6. The third-order valence-corrected chi connectivity index (χ3v) is 2.93. The molecular weight excluding hydrogens is 242 g/mol. The summed E-state index contributed by atoms with van der Waals surface area (Å²) in [7, 11) is 0. The number of nitrogens with zero attached hydrogens (tertiary/aromatic N) is 1. The molecule has 0 unspecified atom stereocenters. The van der Waals surface area contributed by atoms with Gasteiger partial charge in [-0.3, -0.25) is 4.90 Å². The smallest absolute Gasteiger partial charge is 0.328 e. The second kappa shape index (κ2) is 8.45. The van der Waals surface area contributed by atoms with Gasteiger partial charge in [-0.2, -0.15) is 0 Å². The zero-order chi connectivity index (χ0) is 14.1. The number of benzene rings is 1. The molecule has 0 heterocycles. The Hall–Kier alpha value is -1.65. The Morgan fingerprint density at radius 3 is 2.74 bits per heavy atom. The molecule has 0 aromatic heterocycles. The minimum Gasteiger partial charge on any atom is -0.478 e. The Bertz CT molecular complexity index is 429. The number of rotatable bonds is 8. The number of carboxylic acid groups (broad SMARTS) is 1. The number of aliphatic carboxylic acids is 1. The highest BCUT2D eigenvalue weighted by atomic mass is 16.4. The minimum atomic E-state index is -0.942. The largest absolute Gasteiger partial charge is 0.478 e. The summed E-state index contributed by atoms with van der Waals surface area (Å²) < 4.78 is 0. The van der Waals surface area contributed by atoms with Crippen LogP contribution in [0.3, 0.4) is 0 Å². The molecule has 0 aliphatic rings. The first-order valence-corrected chi connectivity index (χ1v) is 6.49. The first-order chi connectivity index (χ1) is 9.17. The van der Waals surface area contributed by atoms with Crippen LogP contribution in [0.5, 0.6) is 0 Å². The molecule has 104 valence electrons. The van der Waals surface area contributed by atoms with Crippen LogP contribution in [-0.2, 0) is 11.3 Å². The van der Waals surface area contributed by atoms with Crippen molar-refractivity contribution in [1.29, 1.82) is 0 Å². The summed E-state index contributed by atoms with van der Waals surface area (Å²) in [5, 5.41) is 17.6. The molecule has 0 atom stereocenters. The molecule has 0 fully saturated rings. The Morgan fingerprint density at radius 1 is 1.37 bits per heavy atom. The van der Waals surface area contributed by atoms with Crippen molar-refractivity contribution in [3.8, 4) is 0 Å². The van der Waals surface area contributed by atoms with E-state index in [1.807, 2.05) is 24.3 Å². The normalized spacial score (nSPS) is 11.3. The van der Waals surface area contributed by atoms with Gasteiger partial charge in [0.05, 0.1) is 0 Å². The monoisotopic (exact) mass is 263 g/mol. The van der Waals surface area contributed by atoms with Crippen molar-refractivity contribution in [2.24, 2.45) is 0 Å². The van der Waals surface area contributed by atoms with Crippen LogP contribution in [0.1, 0.15) is 24.5 Å². The van der Waals surface area contributed by atoms with E-state index in [1.54, 1.807) is 6.08 Å². The molecule has 1 aromatic carbocycles. The molecule has 0 aliphatic heterocycles. The van der Waals surface area contributed by atoms with Gasteiger partial charge < -0.3 is 10.2 Å². The van der Waals surface area contributed by atoms with Crippen molar-refractivity contribution in [2.45, 2.75) is 19.9 Å². The summed E-state index contributed by atoms with van der Waals surface area (Å²) >= 11 is 0. The van der Waals surface area contributed by atoms with E-state index >= 15 is 0 Å². The van der Waals surface area contributed by atoms with E-state index in [-0.39, 0.29) is 6.61 Å². The van der Waals surface area contributed by atoms with Gasteiger partial charge in [0.2, 0.25) is 0 Å². The van der Waals surface area contributed by atoms with E-state index in [0.717, 1.165) is 43.3 Å². The van der Waals surface area contributed by atoms with Crippen molar-refractivity contribution in [2.75, 3.05) is 19.7 Å². The molecule has 0 amide bonds. The molecule has 19 heavy (non-hydrogen) atoms. The van der Waals surface area contributed by atoms with Crippen LogP contribution >= 0.6 is 0 Å². The Labute approximate surface area is 114 Å². The summed E-state index contributed by atoms with van der Waals surface area (Å²) in [5.74, 6) is -0.942. The van der Waals surface area contributed by atoms with Gasteiger partial charge in [0.15, 0.2) is 0 Å². The molecule has 0 bridgehead atoms. The third-order valence-electron chi connectivity index (χ3n) is 2.93. The van der Waals surface area contributed by atoms with Gasteiger partial charge in [-0.15, -0.1) is 0 Å². The highest BCUT2D eigenvalue weighted by Gasteiger charge is 2.06. The summed E-state index contributed by atoms with van der Waals surface area (Å²) in [6.45, 7) is 4.77. The Morgan fingerprint density at radius 2 is 2.11 bits per heavy atom. The molecule has 2 N–H and O–H groups in total. The van der Waals surface area contributed by atoms with Crippen LogP contribution in [0, 0.1) is 0 Å². The van der Waals surface area contributed by atoms with Gasteiger partial charge in [-0.05, 0) is 30.2 Å². The number of hydrogen-bond acceptors (Lipinski definition) is 3. The molecule has 4 heteroatoms. The molecule has 4 nitrogen and oxygen atoms in total. The van der Waals surface area contributed by atoms with Gasteiger partial charge >= 0.3 is 5.97 Å². The lowest BCUT2D eigenvalue weighted by atomic mass is 10.1. The fourth-order valence-corrected chi connectivity index (χ4v) is 1.89. The van der Waals surface area contributed by atoms with E-state index in [2.05, 4.69) is 11.8 Å². The molecule has 0 radical (unpaired) electrons. The Balaban J connectivity index is 2.78. The van der Waals surface area contributed by atoms with Gasteiger partial charge in [-0.25, -0.2) is 4.79 Å². The van der Waals surface area contributed by atoms with Crippen LogP contribution < -0.4 is 0 Å². The first-order valence-electron chi connectivity index (χ1n) is 6.49. The van der Waals surface area contributed by atoms with E-state index in [1.165, 1.54) is 0 Å². The molecule has 0 saturated heterocycles. The number of carboxylic acids is 1. The molecule has 0 aliphatic carbocycles. The van der Waals surface area contributed by atoms with Crippen LogP contribution in [-0.4, -0.2) is 40.8 Å². The number of hydrogen-bond donors (Lipinski definition) is 2. The maximum Gasteiger partial charge on any atom is 0.328 e. The topological polar surface area (TPSA) is 60.8 Å². The average molecular weight is 263 g/mol. The van der Waals surface area contributed by atoms with E-state index in [4.69, 9.17) is 10.2 Å². The summed E-state index contributed by atoms with van der Waals surface area (Å²) in [4.78, 5) is 12.8. The van der Waals surface area contributed by atoms with Crippen LogP contribution in [0.2, 0.25) is 0 Å². The van der Waals surface area contributed by atoms with E-state index in [0.29, 0.717) is 0 Å². The lowest BCUT2D eigenvalue weighted by molar-refractivity contribution is -0.131. The quantitative estimate of drug-likeness (QED) is 0.704. The zero-order valence-corrected chi connectivity index (χ0v) is 11.2. The summed E-state index contributed by atoms with van der Waals surface area (Å²) in [5.41, 5.74) is 2.02. The van der Waals surface area contributed by atoms with Crippen molar-refractivity contribution >= 4 is 12.0 Å². The summed E-state index contributed by atoms with van der Waals surface area (Å²) in [6, 6.07) is 7.76. The highest BCUT2D eigenvalue weighted by molar-refractivity contribution is 5.85. The first kappa shape index (κ1) is 15.4. The molecular formula is C15H21NO3. The molecule has 0 saturated carbocycles. The SMILES string of the molecule is CCN(CCCO)Cc1ccccc1/C=C/C(=O)O. The second-order valence-corrected chi connectivity index (χ2v) is 4.32. The maximum absolute atomic E-state index is 10.6. The zero-order valence-electron chi connectivity index (χ0n) is 11.2. The number of aliphatic hydroxyl groups excluding tert-OH is 1.